The smallest absolute Gasteiger partial charge is 0.220 e. The van der Waals surface area contributed by atoms with Crippen LogP contribution in [0.1, 0.15) is 25.3 Å². The maximum absolute atomic E-state index is 11.5. The minimum Gasteiger partial charge on any atom is -0.393 e. The number of carbonyl (C=O) groups excluding carboxylic acids is 1. The Labute approximate surface area is 117 Å². The number of halogens is 2. The van der Waals surface area contributed by atoms with E-state index in [-0.39, 0.29) is 5.91 Å². The Balaban J connectivity index is 2.36. The highest BCUT2D eigenvalue weighted by Gasteiger charge is 2.07. The van der Waals surface area contributed by atoms with Crippen LogP contribution in [0.4, 0.5) is 0 Å². The van der Waals surface area contributed by atoms with Crippen LogP contribution in [0.5, 0.6) is 0 Å². The third-order valence-corrected chi connectivity index (χ3v) is 3.40. The second-order valence-electron chi connectivity index (χ2n) is 4.20. The first kappa shape index (κ1) is 15.3. The number of rotatable bonds is 6. The zero-order valence-electron chi connectivity index (χ0n) is 10.2. The van der Waals surface area contributed by atoms with Gasteiger partial charge in [0.15, 0.2) is 0 Å². The lowest BCUT2D eigenvalue weighted by molar-refractivity contribution is -0.121. The zero-order chi connectivity index (χ0) is 13.5. The number of aryl methyl sites for hydroxylation is 1. The monoisotopic (exact) mass is 289 g/mol. The molecule has 0 aliphatic carbocycles. The molecule has 3 nitrogen and oxygen atoms in total. The number of benzene rings is 1. The van der Waals surface area contributed by atoms with Gasteiger partial charge in [0, 0.05) is 13.0 Å². The van der Waals surface area contributed by atoms with Crippen molar-refractivity contribution in [1.29, 1.82) is 0 Å². The average molecular weight is 290 g/mol. The lowest BCUT2D eigenvalue weighted by atomic mass is 10.1. The second-order valence-corrected chi connectivity index (χ2v) is 4.99. The van der Waals surface area contributed by atoms with E-state index in [1.807, 2.05) is 12.1 Å². The molecule has 1 atom stereocenters. The van der Waals surface area contributed by atoms with Gasteiger partial charge in [0.2, 0.25) is 5.91 Å². The number of nitrogens with one attached hydrogen (secondary N) is 1. The van der Waals surface area contributed by atoms with Gasteiger partial charge in [-0.15, -0.1) is 0 Å². The SMILES string of the molecule is CC(O)CCNC(=O)CCc1cccc(Cl)c1Cl. The molecule has 0 heterocycles. The highest BCUT2D eigenvalue weighted by atomic mass is 35.5. The Morgan fingerprint density at radius 1 is 1.44 bits per heavy atom. The van der Waals surface area contributed by atoms with Crippen molar-refractivity contribution in [2.45, 2.75) is 32.3 Å². The Morgan fingerprint density at radius 3 is 2.83 bits per heavy atom. The lowest BCUT2D eigenvalue weighted by Crippen LogP contribution is -2.26. The summed E-state index contributed by atoms with van der Waals surface area (Å²) in [6.07, 6.45) is 1.08. The molecule has 0 bridgehead atoms. The van der Waals surface area contributed by atoms with Crippen molar-refractivity contribution in [3.05, 3.63) is 33.8 Å². The maximum Gasteiger partial charge on any atom is 0.220 e. The fourth-order valence-electron chi connectivity index (χ4n) is 1.50. The zero-order valence-corrected chi connectivity index (χ0v) is 11.8. The van der Waals surface area contributed by atoms with E-state index in [0.29, 0.717) is 35.9 Å². The minimum atomic E-state index is -0.396. The van der Waals surface area contributed by atoms with Crippen LogP contribution in [0.15, 0.2) is 18.2 Å². The van der Waals surface area contributed by atoms with E-state index < -0.39 is 6.10 Å². The first-order chi connectivity index (χ1) is 8.50. The van der Waals surface area contributed by atoms with Crippen LogP contribution < -0.4 is 5.32 Å². The molecular formula is C13H17Cl2NO2. The standard InChI is InChI=1S/C13H17Cl2NO2/c1-9(17)7-8-16-12(18)6-5-10-3-2-4-11(14)13(10)15/h2-4,9,17H,5-8H2,1H3,(H,16,18). The molecule has 0 radical (unpaired) electrons. The van der Waals surface area contributed by atoms with E-state index in [4.69, 9.17) is 28.3 Å². The molecule has 1 amide bonds. The summed E-state index contributed by atoms with van der Waals surface area (Å²) in [5, 5.41) is 12.8. The molecule has 100 valence electrons. The highest BCUT2D eigenvalue weighted by molar-refractivity contribution is 6.42. The molecule has 0 saturated carbocycles. The molecule has 0 aliphatic rings. The van der Waals surface area contributed by atoms with Gasteiger partial charge < -0.3 is 10.4 Å². The Morgan fingerprint density at radius 2 is 2.17 bits per heavy atom. The first-order valence-electron chi connectivity index (χ1n) is 5.88. The number of aliphatic hydroxyl groups excluding tert-OH is 1. The molecule has 18 heavy (non-hydrogen) atoms. The van der Waals surface area contributed by atoms with Crippen molar-refractivity contribution < 1.29 is 9.90 Å². The largest absolute Gasteiger partial charge is 0.393 e. The van der Waals surface area contributed by atoms with Gasteiger partial charge in [-0.05, 0) is 31.4 Å². The average Bonchev–Trinajstić information content (AvgIpc) is 2.30. The summed E-state index contributed by atoms with van der Waals surface area (Å²) < 4.78 is 0. The van der Waals surface area contributed by atoms with E-state index in [9.17, 15) is 4.79 Å². The molecule has 0 spiro atoms. The van der Waals surface area contributed by atoms with Gasteiger partial charge in [0.1, 0.15) is 0 Å². The van der Waals surface area contributed by atoms with Crippen LogP contribution >= 0.6 is 23.2 Å². The van der Waals surface area contributed by atoms with Crippen LogP contribution in [0.2, 0.25) is 10.0 Å². The van der Waals surface area contributed by atoms with Gasteiger partial charge in [-0.2, -0.15) is 0 Å². The number of aliphatic hydroxyl groups is 1. The molecule has 1 rings (SSSR count). The van der Waals surface area contributed by atoms with Crippen molar-refractivity contribution >= 4 is 29.1 Å². The van der Waals surface area contributed by atoms with Crippen LogP contribution in [0.25, 0.3) is 0 Å². The summed E-state index contributed by atoms with van der Waals surface area (Å²) in [4.78, 5) is 11.5. The van der Waals surface area contributed by atoms with E-state index in [2.05, 4.69) is 5.32 Å². The molecule has 0 fully saturated rings. The number of hydrogen-bond donors (Lipinski definition) is 2. The van der Waals surface area contributed by atoms with Gasteiger partial charge >= 0.3 is 0 Å². The fourth-order valence-corrected chi connectivity index (χ4v) is 1.91. The highest BCUT2D eigenvalue weighted by Crippen LogP contribution is 2.26. The molecule has 0 saturated heterocycles. The van der Waals surface area contributed by atoms with Crippen molar-refractivity contribution in [1.82, 2.24) is 5.32 Å². The van der Waals surface area contributed by atoms with E-state index in [0.717, 1.165) is 5.56 Å². The van der Waals surface area contributed by atoms with Gasteiger partial charge in [-0.25, -0.2) is 0 Å². The molecule has 0 aromatic heterocycles. The Kier molecular flexibility index (Phi) is 6.47. The quantitative estimate of drug-likeness (QED) is 0.846. The van der Waals surface area contributed by atoms with Crippen molar-refractivity contribution in [2.75, 3.05) is 6.54 Å². The number of amides is 1. The maximum atomic E-state index is 11.5. The molecule has 2 N–H and O–H groups in total. The number of carbonyl (C=O) groups is 1. The summed E-state index contributed by atoms with van der Waals surface area (Å²) in [5.74, 6) is -0.0494. The van der Waals surface area contributed by atoms with Crippen molar-refractivity contribution in [2.24, 2.45) is 0 Å². The van der Waals surface area contributed by atoms with Crippen LogP contribution in [0.3, 0.4) is 0 Å². The number of hydrogen-bond acceptors (Lipinski definition) is 2. The molecular weight excluding hydrogens is 273 g/mol. The third-order valence-electron chi connectivity index (χ3n) is 2.54. The van der Waals surface area contributed by atoms with Gasteiger partial charge in [-0.3, -0.25) is 4.79 Å². The van der Waals surface area contributed by atoms with Crippen LogP contribution in [-0.2, 0) is 11.2 Å². The predicted octanol–water partition coefficient (Wildman–Crippen LogP) is 2.81. The molecule has 0 aliphatic heterocycles. The van der Waals surface area contributed by atoms with Crippen LogP contribution in [-0.4, -0.2) is 23.7 Å². The van der Waals surface area contributed by atoms with E-state index in [1.165, 1.54) is 0 Å². The lowest BCUT2D eigenvalue weighted by Gasteiger charge is -2.08. The van der Waals surface area contributed by atoms with Crippen molar-refractivity contribution in [3.8, 4) is 0 Å². The molecule has 1 aromatic carbocycles. The normalized spacial score (nSPS) is 12.2. The summed E-state index contributed by atoms with van der Waals surface area (Å²) in [5.41, 5.74) is 0.870. The Hall–Kier alpha value is -0.770. The van der Waals surface area contributed by atoms with Gasteiger partial charge in [0.25, 0.3) is 0 Å². The predicted molar refractivity (Wildman–Crippen MR) is 74.1 cm³/mol. The molecule has 1 unspecified atom stereocenters. The van der Waals surface area contributed by atoms with Gasteiger partial charge in [0.05, 0.1) is 16.1 Å². The minimum absolute atomic E-state index is 0.0494. The van der Waals surface area contributed by atoms with Crippen molar-refractivity contribution in [3.63, 3.8) is 0 Å². The summed E-state index contributed by atoms with van der Waals surface area (Å²) in [6, 6.07) is 5.39. The topological polar surface area (TPSA) is 49.3 Å². The third kappa shape index (κ3) is 5.25. The first-order valence-corrected chi connectivity index (χ1v) is 6.64. The van der Waals surface area contributed by atoms with Gasteiger partial charge in [-0.1, -0.05) is 35.3 Å². The summed E-state index contributed by atoms with van der Waals surface area (Å²) in [7, 11) is 0. The summed E-state index contributed by atoms with van der Waals surface area (Å²) >= 11 is 11.9. The van der Waals surface area contributed by atoms with E-state index >= 15 is 0 Å². The molecule has 1 aromatic rings. The molecule has 5 heteroatoms. The Bertz CT molecular complexity index is 408. The fraction of sp³-hybridized carbons (Fsp3) is 0.462. The summed E-state index contributed by atoms with van der Waals surface area (Å²) in [6.45, 7) is 2.18. The van der Waals surface area contributed by atoms with E-state index in [1.54, 1.807) is 13.0 Å². The van der Waals surface area contributed by atoms with Crippen LogP contribution in [0, 0.1) is 0 Å². The second kappa shape index (κ2) is 7.62.